The summed E-state index contributed by atoms with van der Waals surface area (Å²) >= 11 is 0.909. The van der Waals surface area contributed by atoms with Crippen LogP contribution in [0.5, 0.6) is 0 Å². The molecule has 0 radical (unpaired) electrons. The first-order valence-electron chi connectivity index (χ1n) is 8.28. The van der Waals surface area contributed by atoms with Crippen molar-refractivity contribution < 1.29 is 17.6 Å². The van der Waals surface area contributed by atoms with Crippen molar-refractivity contribution in [3.8, 4) is 0 Å². The van der Waals surface area contributed by atoms with Crippen molar-refractivity contribution in [2.75, 3.05) is 10.0 Å². The zero-order chi connectivity index (χ0) is 19.6. The number of sulfonamides is 1. The Morgan fingerprint density at radius 3 is 2.75 bits per heavy atom. The number of hydrogen-bond acceptors (Lipinski definition) is 6. The van der Waals surface area contributed by atoms with E-state index in [1.807, 2.05) is 0 Å². The minimum atomic E-state index is -3.94. The molecule has 4 aromatic rings. The second-order valence-electron chi connectivity index (χ2n) is 6.47. The lowest BCUT2D eigenvalue weighted by atomic mass is 10.1. The molecule has 3 aromatic carbocycles. The van der Waals surface area contributed by atoms with E-state index >= 15 is 0 Å². The Bertz CT molecular complexity index is 1480. The molecule has 0 saturated carbocycles. The molecule has 5 rings (SSSR count). The zero-order valence-electron chi connectivity index (χ0n) is 14.4. The van der Waals surface area contributed by atoms with Crippen molar-refractivity contribution in [1.82, 2.24) is 0 Å². The fourth-order valence-corrected chi connectivity index (χ4v) is 5.44. The van der Waals surface area contributed by atoms with Crippen LogP contribution in [-0.4, -0.2) is 14.3 Å². The van der Waals surface area contributed by atoms with Crippen molar-refractivity contribution in [3.63, 3.8) is 0 Å². The number of hydrogen-bond donors (Lipinski definition) is 2. The van der Waals surface area contributed by atoms with Crippen molar-refractivity contribution in [2.24, 2.45) is 0 Å². The highest BCUT2D eigenvalue weighted by Gasteiger charge is 2.26. The summed E-state index contributed by atoms with van der Waals surface area (Å²) in [7, 11) is -3.94. The van der Waals surface area contributed by atoms with Crippen LogP contribution in [0.3, 0.4) is 0 Å². The van der Waals surface area contributed by atoms with E-state index in [4.69, 9.17) is 4.42 Å². The Labute approximate surface area is 162 Å². The average molecular weight is 412 g/mol. The van der Waals surface area contributed by atoms with Gasteiger partial charge < -0.3 is 9.73 Å². The maximum Gasteiger partial charge on any atom is 0.396 e. The number of nitrogens with one attached hydrogen (secondary N) is 2. The molecule has 9 heteroatoms. The van der Waals surface area contributed by atoms with Gasteiger partial charge in [0.15, 0.2) is 0 Å². The van der Waals surface area contributed by atoms with E-state index in [0.29, 0.717) is 43.6 Å². The average Bonchev–Trinajstić information content (AvgIpc) is 3.15. The van der Waals surface area contributed by atoms with E-state index in [0.717, 1.165) is 11.3 Å². The lowest BCUT2D eigenvalue weighted by Gasteiger charge is -2.13. The van der Waals surface area contributed by atoms with E-state index < -0.39 is 15.0 Å². The predicted molar refractivity (Wildman–Crippen MR) is 108 cm³/mol. The van der Waals surface area contributed by atoms with E-state index in [1.165, 1.54) is 6.07 Å². The van der Waals surface area contributed by atoms with Gasteiger partial charge in [0.1, 0.15) is 5.58 Å². The minimum Gasteiger partial charge on any atom is -0.414 e. The van der Waals surface area contributed by atoms with Gasteiger partial charge in [-0.15, -0.1) is 0 Å². The molecule has 0 aliphatic carbocycles. The molecule has 2 heterocycles. The third-order valence-electron chi connectivity index (χ3n) is 4.70. The highest BCUT2D eigenvalue weighted by molar-refractivity contribution is 7.93. The molecule has 7 nitrogen and oxygen atoms in total. The largest absolute Gasteiger partial charge is 0.414 e. The summed E-state index contributed by atoms with van der Waals surface area (Å²) in [5, 5.41) is 3.80. The number of rotatable bonds is 3. The van der Waals surface area contributed by atoms with E-state index in [1.54, 1.807) is 43.3 Å². The first-order chi connectivity index (χ1) is 13.3. The Balaban J connectivity index is 1.66. The van der Waals surface area contributed by atoms with Gasteiger partial charge in [0, 0.05) is 22.0 Å². The van der Waals surface area contributed by atoms with Crippen LogP contribution in [0.4, 0.5) is 11.4 Å². The Morgan fingerprint density at radius 1 is 1.11 bits per heavy atom. The molecule has 0 saturated heterocycles. The third-order valence-corrected chi connectivity index (χ3v) is 6.92. The molecular formula is C19H12N2O5S2. The van der Waals surface area contributed by atoms with E-state index in [-0.39, 0.29) is 10.8 Å². The highest BCUT2D eigenvalue weighted by Crippen LogP contribution is 2.37. The highest BCUT2D eigenvalue weighted by atomic mass is 32.2. The molecule has 1 aliphatic heterocycles. The molecule has 2 N–H and O–H groups in total. The molecule has 140 valence electrons. The van der Waals surface area contributed by atoms with Gasteiger partial charge in [-0.1, -0.05) is 23.5 Å². The van der Waals surface area contributed by atoms with Gasteiger partial charge in [-0.25, -0.2) is 13.2 Å². The van der Waals surface area contributed by atoms with Crippen molar-refractivity contribution in [3.05, 3.63) is 63.3 Å². The van der Waals surface area contributed by atoms with Crippen LogP contribution < -0.4 is 15.0 Å². The fraction of sp³-hybridized carbons (Fsp3) is 0.0526. The number of aryl methyl sites for hydroxylation is 1. The SMILES string of the molecule is Cc1cc2oc(=O)sc2cc1NS(=O)(=O)c1ccc2c3c(cccc13)C(=O)N2. The standard InChI is InChI=1S/C19H12N2O5S2/c1-9-7-14-15(27-19(23)26-14)8-13(9)21-28(24,25)16-6-5-12-17-10(16)3-2-4-11(17)18(22)20-12/h2-8,21H,1H3,(H,20,22). The predicted octanol–water partition coefficient (Wildman–Crippen LogP) is 3.68. The van der Waals surface area contributed by atoms with Crippen LogP contribution in [0.2, 0.25) is 0 Å². The van der Waals surface area contributed by atoms with Gasteiger partial charge in [-0.05, 0) is 42.8 Å². The molecule has 0 unspecified atom stereocenters. The summed E-state index contributed by atoms with van der Waals surface area (Å²) in [6, 6.07) is 11.3. The van der Waals surface area contributed by atoms with Gasteiger partial charge in [0.05, 0.1) is 15.3 Å². The first kappa shape index (κ1) is 17.0. The fourth-order valence-electron chi connectivity index (χ4n) is 3.43. The van der Waals surface area contributed by atoms with Crippen molar-refractivity contribution >= 4 is 59.7 Å². The van der Waals surface area contributed by atoms with Crippen LogP contribution in [0.25, 0.3) is 21.1 Å². The Hall–Kier alpha value is -3.17. The van der Waals surface area contributed by atoms with Crippen LogP contribution in [0.15, 0.2) is 56.6 Å². The van der Waals surface area contributed by atoms with E-state index in [2.05, 4.69) is 10.0 Å². The summed E-state index contributed by atoms with van der Waals surface area (Å²) in [6.07, 6.45) is 0. The summed E-state index contributed by atoms with van der Waals surface area (Å²) < 4.78 is 34.5. The summed E-state index contributed by atoms with van der Waals surface area (Å²) in [4.78, 5) is 23.1. The number of amides is 1. The molecule has 0 fully saturated rings. The van der Waals surface area contributed by atoms with Crippen molar-refractivity contribution in [2.45, 2.75) is 11.8 Å². The molecule has 1 aromatic heterocycles. The lowest BCUT2D eigenvalue weighted by molar-refractivity contribution is 0.103. The maximum atomic E-state index is 13.1. The quantitative estimate of drug-likeness (QED) is 0.534. The van der Waals surface area contributed by atoms with Gasteiger partial charge in [-0.3, -0.25) is 9.52 Å². The van der Waals surface area contributed by atoms with E-state index in [9.17, 15) is 18.0 Å². The molecule has 1 aliphatic rings. The van der Waals surface area contributed by atoms with Gasteiger partial charge in [0.25, 0.3) is 15.9 Å². The molecule has 1 amide bonds. The molecular weight excluding hydrogens is 400 g/mol. The third kappa shape index (κ3) is 2.44. The molecule has 0 atom stereocenters. The smallest absolute Gasteiger partial charge is 0.396 e. The number of fused-ring (bicyclic) bond motifs is 1. The maximum absolute atomic E-state index is 13.1. The second kappa shape index (κ2) is 5.66. The normalized spacial score (nSPS) is 13.2. The van der Waals surface area contributed by atoms with Crippen LogP contribution in [0, 0.1) is 6.92 Å². The minimum absolute atomic E-state index is 0.0736. The van der Waals surface area contributed by atoms with Crippen molar-refractivity contribution in [1.29, 1.82) is 0 Å². The topological polar surface area (TPSA) is 105 Å². The first-order valence-corrected chi connectivity index (χ1v) is 10.6. The van der Waals surface area contributed by atoms with Crippen LogP contribution >= 0.6 is 11.3 Å². The number of carbonyl (C=O) groups excluding carboxylic acids is 1. The lowest BCUT2D eigenvalue weighted by Crippen LogP contribution is -2.14. The Morgan fingerprint density at radius 2 is 1.93 bits per heavy atom. The van der Waals surface area contributed by atoms with Gasteiger partial charge >= 0.3 is 4.94 Å². The van der Waals surface area contributed by atoms with Crippen LogP contribution in [-0.2, 0) is 10.0 Å². The number of benzene rings is 3. The second-order valence-corrected chi connectivity index (χ2v) is 9.10. The van der Waals surface area contributed by atoms with Gasteiger partial charge in [0.2, 0.25) is 0 Å². The summed E-state index contributed by atoms with van der Waals surface area (Å²) in [5.41, 5.74) is 2.45. The Kier molecular flexibility index (Phi) is 3.43. The monoisotopic (exact) mass is 412 g/mol. The molecule has 0 bridgehead atoms. The molecule has 28 heavy (non-hydrogen) atoms. The summed E-state index contributed by atoms with van der Waals surface area (Å²) in [5.74, 6) is -0.251. The zero-order valence-corrected chi connectivity index (χ0v) is 16.0. The summed E-state index contributed by atoms with van der Waals surface area (Å²) in [6.45, 7) is 1.73. The number of anilines is 2. The van der Waals surface area contributed by atoms with Gasteiger partial charge in [-0.2, -0.15) is 0 Å². The van der Waals surface area contributed by atoms with Crippen LogP contribution in [0.1, 0.15) is 15.9 Å². The molecule has 0 spiro atoms. The number of carbonyl (C=O) groups is 1.